The first kappa shape index (κ1) is 20.8. The first-order chi connectivity index (χ1) is 14.6. The molecule has 1 fully saturated rings. The van der Waals surface area contributed by atoms with Gasteiger partial charge in [-0.2, -0.15) is 0 Å². The number of hydrogen-bond acceptors (Lipinski definition) is 5. The minimum Gasteiger partial charge on any atom is -0.484 e. The van der Waals surface area contributed by atoms with Crippen molar-refractivity contribution in [3.05, 3.63) is 65.5 Å². The van der Waals surface area contributed by atoms with Crippen LogP contribution in [0.4, 0.5) is 0 Å². The highest BCUT2D eigenvalue weighted by molar-refractivity contribution is 7.17. The van der Waals surface area contributed by atoms with Crippen molar-refractivity contribution >= 4 is 27.3 Å². The highest BCUT2D eigenvalue weighted by atomic mass is 32.1. The normalized spacial score (nSPS) is 17.9. The van der Waals surface area contributed by atoms with E-state index in [1.807, 2.05) is 43.4 Å². The summed E-state index contributed by atoms with van der Waals surface area (Å²) in [6, 6.07) is 18.1. The number of carbonyl (C=O) groups excluding carboxylic acids is 1. The Morgan fingerprint density at radius 3 is 2.87 bits per heavy atom. The van der Waals surface area contributed by atoms with E-state index in [0.29, 0.717) is 12.3 Å². The zero-order valence-corrected chi connectivity index (χ0v) is 18.1. The molecule has 2 atom stereocenters. The largest absolute Gasteiger partial charge is 0.484 e. The Morgan fingerprint density at radius 2 is 2.10 bits per heavy atom. The number of rotatable bonds is 8. The molecule has 2 heterocycles. The Balaban J connectivity index is 1.40. The number of fused-ring (bicyclic) bond motifs is 1. The van der Waals surface area contributed by atoms with Crippen LogP contribution in [0.5, 0.6) is 5.75 Å². The predicted molar refractivity (Wildman–Crippen MR) is 121 cm³/mol. The lowest BCUT2D eigenvalue weighted by atomic mass is 10.0. The van der Waals surface area contributed by atoms with Crippen LogP contribution in [0.15, 0.2) is 60.0 Å². The van der Waals surface area contributed by atoms with E-state index in [1.54, 1.807) is 16.2 Å². The first-order valence-electron chi connectivity index (χ1n) is 10.4. The predicted octanol–water partition coefficient (Wildman–Crippen LogP) is 3.94. The lowest BCUT2D eigenvalue weighted by Crippen LogP contribution is -2.37. The van der Waals surface area contributed by atoms with Crippen LogP contribution in [0.25, 0.3) is 10.1 Å². The fraction of sp³-hybridized carbons (Fsp3) is 0.375. The molecular weight excluding hydrogens is 396 g/mol. The van der Waals surface area contributed by atoms with Gasteiger partial charge in [-0.15, -0.1) is 11.3 Å². The standard InChI is InChI=1S/C24H28N2O3S/c1-25(24(28)17-29-21-8-7-19-11-14-30-23(19)15-21)22(18-5-3-2-4-6-18)10-13-26-12-9-20(27)16-26/h2-8,11,14-15,20,22,27H,9-10,12-13,16-17H2,1H3/t20-,22?/m0/s1. The van der Waals surface area contributed by atoms with Crippen LogP contribution < -0.4 is 4.74 Å². The van der Waals surface area contributed by atoms with E-state index >= 15 is 0 Å². The Morgan fingerprint density at radius 1 is 1.27 bits per heavy atom. The number of likely N-dealkylation sites (tertiary alicyclic amines) is 1. The van der Waals surface area contributed by atoms with E-state index < -0.39 is 0 Å². The molecule has 1 amide bonds. The number of hydrogen-bond donors (Lipinski definition) is 1. The average Bonchev–Trinajstić information content (AvgIpc) is 3.41. The van der Waals surface area contributed by atoms with Gasteiger partial charge in [0.1, 0.15) is 5.75 Å². The van der Waals surface area contributed by atoms with Crippen LogP contribution in [-0.2, 0) is 4.79 Å². The Labute approximate surface area is 181 Å². The van der Waals surface area contributed by atoms with Crippen LogP contribution in [0.1, 0.15) is 24.4 Å². The number of β-amino-alcohol motifs (C(OH)–C–C–N with tert-alkyl or cyclic N) is 1. The number of likely N-dealkylation sites (N-methyl/N-ethyl adjacent to an activating group) is 1. The summed E-state index contributed by atoms with van der Waals surface area (Å²) < 4.78 is 6.97. The molecule has 1 aliphatic heterocycles. The summed E-state index contributed by atoms with van der Waals surface area (Å²) in [7, 11) is 1.85. The van der Waals surface area contributed by atoms with Gasteiger partial charge in [-0.1, -0.05) is 30.3 Å². The summed E-state index contributed by atoms with van der Waals surface area (Å²) in [5, 5.41) is 13.0. The van der Waals surface area contributed by atoms with E-state index in [-0.39, 0.29) is 24.7 Å². The number of ether oxygens (including phenoxy) is 1. The Bertz CT molecular complexity index is 975. The maximum Gasteiger partial charge on any atom is 0.260 e. The van der Waals surface area contributed by atoms with Crippen molar-refractivity contribution in [3.8, 4) is 5.75 Å². The fourth-order valence-corrected chi connectivity index (χ4v) is 4.84. The first-order valence-corrected chi connectivity index (χ1v) is 11.3. The molecule has 0 saturated carbocycles. The Kier molecular flexibility index (Phi) is 6.67. The van der Waals surface area contributed by atoms with Crippen molar-refractivity contribution in [1.29, 1.82) is 0 Å². The molecule has 158 valence electrons. The summed E-state index contributed by atoms with van der Waals surface area (Å²) in [4.78, 5) is 17.0. The van der Waals surface area contributed by atoms with E-state index in [4.69, 9.17) is 4.74 Å². The van der Waals surface area contributed by atoms with Crippen LogP contribution in [0, 0.1) is 0 Å². The number of carbonyl (C=O) groups is 1. The number of amides is 1. The molecule has 1 unspecified atom stereocenters. The fourth-order valence-electron chi connectivity index (χ4n) is 4.02. The molecule has 4 rings (SSSR count). The molecule has 1 aromatic heterocycles. The molecule has 1 saturated heterocycles. The number of nitrogens with zero attached hydrogens (tertiary/aromatic N) is 2. The molecule has 0 aliphatic carbocycles. The van der Waals surface area contributed by atoms with Crippen LogP contribution in [0.3, 0.4) is 0 Å². The quantitative estimate of drug-likeness (QED) is 0.595. The van der Waals surface area contributed by atoms with Crippen molar-refractivity contribution in [2.45, 2.75) is 25.0 Å². The van der Waals surface area contributed by atoms with Crippen molar-refractivity contribution < 1.29 is 14.6 Å². The van der Waals surface area contributed by atoms with Crippen LogP contribution in [0.2, 0.25) is 0 Å². The van der Waals surface area contributed by atoms with Crippen molar-refractivity contribution in [1.82, 2.24) is 9.80 Å². The summed E-state index contributed by atoms with van der Waals surface area (Å²) in [5.41, 5.74) is 1.12. The van der Waals surface area contributed by atoms with Crippen molar-refractivity contribution in [2.24, 2.45) is 0 Å². The molecule has 5 nitrogen and oxygen atoms in total. The van der Waals surface area contributed by atoms with Gasteiger partial charge < -0.3 is 19.6 Å². The van der Waals surface area contributed by atoms with Gasteiger partial charge in [0.2, 0.25) is 0 Å². The number of benzene rings is 2. The van der Waals surface area contributed by atoms with Crippen LogP contribution in [-0.4, -0.2) is 60.2 Å². The van der Waals surface area contributed by atoms with Gasteiger partial charge >= 0.3 is 0 Å². The maximum atomic E-state index is 12.9. The van der Waals surface area contributed by atoms with Gasteiger partial charge in [0.15, 0.2) is 6.61 Å². The summed E-state index contributed by atoms with van der Waals surface area (Å²) in [6.07, 6.45) is 1.42. The molecule has 0 spiro atoms. The van der Waals surface area contributed by atoms with Gasteiger partial charge in [0.25, 0.3) is 5.91 Å². The van der Waals surface area contributed by atoms with Gasteiger partial charge in [0.05, 0.1) is 12.1 Å². The lowest BCUT2D eigenvalue weighted by Gasteiger charge is -2.30. The topological polar surface area (TPSA) is 53.0 Å². The maximum absolute atomic E-state index is 12.9. The highest BCUT2D eigenvalue weighted by Gasteiger charge is 2.25. The van der Waals surface area contributed by atoms with E-state index in [1.165, 1.54) is 5.39 Å². The SMILES string of the molecule is CN(C(=O)COc1ccc2ccsc2c1)C(CCN1CC[C@H](O)C1)c1ccccc1. The third-order valence-corrected chi connectivity index (χ3v) is 6.68. The average molecular weight is 425 g/mol. The highest BCUT2D eigenvalue weighted by Crippen LogP contribution is 2.27. The van der Waals surface area contributed by atoms with Gasteiger partial charge in [-0.05, 0) is 53.4 Å². The molecular formula is C24H28N2O3S. The van der Waals surface area contributed by atoms with Crippen molar-refractivity contribution in [2.75, 3.05) is 33.3 Å². The molecule has 1 aliphatic rings. The van der Waals surface area contributed by atoms with Gasteiger partial charge in [-0.3, -0.25) is 4.79 Å². The summed E-state index contributed by atoms with van der Waals surface area (Å²) >= 11 is 1.67. The number of aliphatic hydroxyl groups is 1. The third-order valence-electron chi connectivity index (χ3n) is 5.80. The summed E-state index contributed by atoms with van der Waals surface area (Å²) in [6.45, 7) is 2.49. The second-order valence-corrected chi connectivity index (χ2v) is 8.82. The molecule has 2 aromatic carbocycles. The Hall–Kier alpha value is -2.41. The molecule has 30 heavy (non-hydrogen) atoms. The third kappa shape index (κ3) is 5.01. The second kappa shape index (κ2) is 9.60. The van der Waals surface area contributed by atoms with E-state index in [9.17, 15) is 9.90 Å². The number of thiophene rings is 1. The lowest BCUT2D eigenvalue weighted by molar-refractivity contribution is -0.134. The van der Waals surface area contributed by atoms with Crippen LogP contribution >= 0.6 is 11.3 Å². The minimum atomic E-state index is -0.228. The monoisotopic (exact) mass is 424 g/mol. The van der Waals surface area contributed by atoms with Gasteiger partial charge in [0, 0.05) is 31.4 Å². The molecule has 0 radical (unpaired) electrons. The number of aliphatic hydroxyl groups excluding tert-OH is 1. The summed E-state index contributed by atoms with van der Waals surface area (Å²) in [5.74, 6) is 0.672. The van der Waals surface area contributed by atoms with E-state index in [2.05, 4.69) is 28.5 Å². The smallest absolute Gasteiger partial charge is 0.260 e. The molecule has 1 N–H and O–H groups in total. The zero-order valence-electron chi connectivity index (χ0n) is 17.2. The molecule has 6 heteroatoms. The molecule has 0 bridgehead atoms. The van der Waals surface area contributed by atoms with Gasteiger partial charge in [-0.25, -0.2) is 0 Å². The molecule has 3 aromatic rings. The second-order valence-electron chi connectivity index (χ2n) is 7.87. The zero-order chi connectivity index (χ0) is 20.9. The van der Waals surface area contributed by atoms with E-state index in [0.717, 1.165) is 36.2 Å². The minimum absolute atomic E-state index is 0.0130. The van der Waals surface area contributed by atoms with Crippen molar-refractivity contribution in [3.63, 3.8) is 0 Å².